The van der Waals surface area contributed by atoms with Crippen LogP contribution in [0.5, 0.6) is 0 Å². The minimum absolute atomic E-state index is 0.0849. The van der Waals surface area contributed by atoms with Gasteiger partial charge in [0, 0.05) is 24.2 Å². The summed E-state index contributed by atoms with van der Waals surface area (Å²) < 4.78 is 44.4. The molecule has 3 N–H and O–H groups in total. The Morgan fingerprint density at radius 1 is 1.03 bits per heavy atom. The number of imidazole rings is 1. The maximum atomic E-state index is 13.7. The number of alkyl halides is 3. The smallest absolute Gasteiger partial charge is 0.366 e. The second kappa shape index (κ2) is 9.12. The third-order valence-electron chi connectivity index (χ3n) is 6.15. The number of nitrogens with zero attached hydrogens (tertiary/aromatic N) is 4. The van der Waals surface area contributed by atoms with Gasteiger partial charge in [-0.3, -0.25) is 9.48 Å². The maximum absolute atomic E-state index is 13.7. The molecule has 7 nitrogen and oxygen atoms in total. The van der Waals surface area contributed by atoms with Crippen LogP contribution in [-0.4, -0.2) is 25.2 Å². The summed E-state index contributed by atoms with van der Waals surface area (Å²) in [7, 11) is 1.76. The Kier molecular flexibility index (Phi) is 5.94. The van der Waals surface area contributed by atoms with Gasteiger partial charge in [-0.2, -0.15) is 18.3 Å². The molecule has 10 heteroatoms. The van der Waals surface area contributed by atoms with E-state index in [4.69, 9.17) is 5.73 Å². The molecule has 0 saturated carbocycles. The predicted octanol–water partition coefficient (Wildman–Crippen LogP) is 5.65. The lowest BCUT2D eigenvalue weighted by atomic mass is 10.1. The molecule has 1 amide bonds. The molecule has 0 bridgehead atoms. The first-order chi connectivity index (χ1) is 17.6. The van der Waals surface area contributed by atoms with Crippen molar-refractivity contribution in [1.82, 2.24) is 19.3 Å². The largest absolute Gasteiger partial charge is 0.416 e. The van der Waals surface area contributed by atoms with E-state index in [1.807, 2.05) is 37.3 Å². The molecular formula is C27H23F3N6O. The monoisotopic (exact) mass is 504 g/mol. The van der Waals surface area contributed by atoms with Crippen LogP contribution in [0.25, 0.3) is 22.3 Å². The normalized spacial score (nSPS) is 11.7. The lowest BCUT2D eigenvalue weighted by Gasteiger charge is -2.15. The topological polar surface area (TPSA) is 90.8 Å². The van der Waals surface area contributed by atoms with Crippen molar-refractivity contribution in [3.05, 3.63) is 95.1 Å². The zero-order chi connectivity index (χ0) is 26.3. The average molecular weight is 505 g/mol. The van der Waals surface area contributed by atoms with Gasteiger partial charge in [-0.05, 0) is 36.8 Å². The number of nitrogens with two attached hydrogens (primary N) is 1. The van der Waals surface area contributed by atoms with E-state index < -0.39 is 17.6 Å². The Hall–Kier alpha value is -4.60. The third-order valence-corrected chi connectivity index (χ3v) is 6.15. The summed E-state index contributed by atoms with van der Waals surface area (Å²) in [5, 5.41) is 7.78. The number of hydrogen-bond donors (Lipinski definition) is 2. The second-order valence-corrected chi connectivity index (χ2v) is 8.77. The van der Waals surface area contributed by atoms with Gasteiger partial charge in [0.2, 0.25) is 11.9 Å². The number of halogens is 3. The number of nitrogens with one attached hydrogen (secondary N) is 1. The van der Waals surface area contributed by atoms with Gasteiger partial charge in [-0.1, -0.05) is 48.0 Å². The van der Waals surface area contributed by atoms with E-state index in [0.29, 0.717) is 22.8 Å². The van der Waals surface area contributed by atoms with Gasteiger partial charge in [0.15, 0.2) is 0 Å². The van der Waals surface area contributed by atoms with Crippen LogP contribution in [0.4, 0.5) is 24.9 Å². The lowest BCUT2D eigenvalue weighted by Crippen LogP contribution is -2.13. The van der Waals surface area contributed by atoms with Gasteiger partial charge in [-0.25, -0.2) is 4.98 Å². The number of amides is 1. The molecule has 0 radical (unpaired) electrons. The fourth-order valence-corrected chi connectivity index (χ4v) is 4.21. The van der Waals surface area contributed by atoms with Crippen molar-refractivity contribution in [2.24, 2.45) is 12.8 Å². The van der Waals surface area contributed by atoms with E-state index in [-0.39, 0.29) is 17.7 Å². The molecule has 0 atom stereocenters. The second-order valence-electron chi connectivity index (χ2n) is 8.77. The molecule has 0 unspecified atom stereocenters. The molecular weight excluding hydrogens is 481 g/mol. The van der Waals surface area contributed by atoms with Crippen LogP contribution in [0.2, 0.25) is 0 Å². The molecule has 2 aromatic heterocycles. The Labute approximate surface area is 210 Å². The van der Waals surface area contributed by atoms with Crippen molar-refractivity contribution in [3.63, 3.8) is 0 Å². The zero-order valence-electron chi connectivity index (χ0n) is 20.0. The Morgan fingerprint density at radius 3 is 2.46 bits per heavy atom. The first-order valence-corrected chi connectivity index (χ1v) is 11.4. The van der Waals surface area contributed by atoms with Crippen LogP contribution in [0.1, 0.15) is 27.0 Å². The number of anilines is 2. The maximum Gasteiger partial charge on any atom is 0.416 e. The number of rotatable bonds is 6. The van der Waals surface area contributed by atoms with Crippen molar-refractivity contribution < 1.29 is 18.0 Å². The molecule has 0 fully saturated rings. The van der Waals surface area contributed by atoms with Gasteiger partial charge in [0.25, 0.3) is 0 Å². The zero-order valence-corrected chi connectivity index (χ0v) is 20.0. The summed E-state index contributed by atoms with van der Waals surface area (Å²) in [5.74, 6) is 0.265. The van der Waals surface area contributed by atoms with E-state index in [2.05, 4.69) is 15.4 Å². The van der Waals surface area contributed by atoms with Crippen molar-refractivity contribution in [3.8, 4) is 11.3 Å². The van der Waals surface area contributed by atoms with Crippen LogP contribution < -0.4 is 11.1 Å². The molecule has 37 heavy (non-hydrogen) atoms. The highest BCUT2D eigenvalue weighted by Crippen LogP contribution is 2.34. The highest BCUT2D eigenvalue weighted by atomic mass is 19.4. The first kappa shape index (κ1) is 24.1. The summed E-state index contributed by atoms with van der Waals surface area (Å²) in [6.07, 6.45) is -4.51. The first-order valence-electron chi connectivity index (χ1n) is 11.4. The molecule has 0 saturated heterocycles. The van der Waals surface area contributed by atoms with Gasteiger partial charge < -0.3 is 15.6 Å². The highest BCUT2D eigenvalue weighted by molar-refractivity contribution is 5.96. The number of hydrogen-bond acceptors (Lipinski definition) is 4. The molecule has 0 aliphatic rings. The molecule has 0 aliphatic heterocycles. The number of benzene rings is 3. The van der Waals surface area contributed by atoms with Crippen LogP contribution in [0, 0.1) is 6.92 Å². The molecule has 0 aliphatic carbocycles. The number of aryl methyl sites for hydroxylation is 2. The van der Waals surface area contributed by atoms with Gasteiger partial charge >= 0.3 is 6.18 Å². The SMILES string of the molecule is Cc1ccc(-c2cc(Nc3nc4cc(C(N)=O)ccc4n3Cc3ccccc3C(F)(F)F)n(C)n2)cc1. The molecule has 0 spiro atoms. The number of carbonyl (C=O) groups is 1. The van der Waals surface area contributed by atoms with E-state index in [1.54, 1.807) is 28.4 Å². The Morgan fingerprint density at radius 2 is 1.76 bits per heavy atom. The van der Waals surface area contributed by atoms with Crippen LogP contribution in [0.15, 0.2) is 72.8 Å². The molecule has 2 heterocycles. The molecule has 5 rings (SSSR count). The predicted molar refractivity (Wildman–Crippen MR) is 135 cm³/mol. The van der Waals surface area contributed by atoms with Crippen molar-refractivity contribution in [2.45, 2.75) is 19.6 Å². The molecule has 188 valence electrons. The highest BCUT2D eigenvalue weighted by Gasteiger charge is 2.33. The summed E-state index contributed by atoms with van der Waals surface area (Å²) >= 11 is 0. The summed E-state index contributed by atoms with van der Waals surface area (Å²) in [4.78, 5) is 16.3. The minimum atomic E-state index is -4.51. The van der Waals surface area contributed by atoms with Crippen molar-refractivity contribution in [2.75, 3.05) is 5.32 Å². The standard InChI is InChI=1S/C27H23F3N6O/c1-16-7-9-17(10-8-16)21-14-24(35(2)34-21)33-26-32-22-13-18(25(31)37)11-12-23(22)36(26)15-19-5-3-4-6-20(19)27(28,29)30/h3-14H,15H2,1-2H3,(H2,31,37)(H,32,33). The number of aromatic nitrogens is 4. The van der Waals surface area contributed by atoms with Gasteiger partial charge in [0.1, 0.15) is 5.82 Å². The average Bonchev–Trinajstić information content (AvgIpc) is 3.38. The van der Waals surface area contributed by atoms with Crippen LogP contribution >= 0.6 is 0 Å². The Bertz CT molecular complexity index is 1620. The van der Waals surface area contributed by atoms with Gasteiger partial charge in [0.05, 0.1) is 28.8 Å². The number of primary amides is 1. The summed E-state index contributed by atoms with van der Waals surface area (Å²) in [6.45, 7) is 1.90. The molecule has 5 aromatic rings. The number of carbonyl (C=O) groups excluding carboxylic acids is 1. The van der Waals surface area contributed by atoms with Gasteiger partial charge in [-0.15, -0.1) is 0 Å². The van der Waals surface area contributed by atoms with Crippen LogP contribution in [0.3, 0.4) is 0 Å². The van der Waals surface area contributed by atoms with E-state index in [0.717, 1.165) is 22.9 Å². The third kappa shape index (κ3) is 4.77. The Balaban J connectivity index is 1.60. The number of fused-ring (bicyclic) bond motifs is 1. The fourth-order valence-electron chi connectivity index (χ4n) is 4.21. The summed E-state index contributed by atoms with van der Waals surface area (Å²) in [5.41, 5.74) is 8.78. The fraction of sp³-hybridized carbons (Fsp3) is 0.148. The summed E-state index contributed by atoms with van der Waals surface area (Å²) in [6, 6.07) is 19.9. The minimum Gasteiger partial charge on any atom is -0.366 e. The van der Waals surface area contributed by atoms with E-state index in [9.17, 15) is 18.0 Å². The molecule has 3 aromatic carbocycles. The van der Waals surface area contributed by atoms with Crippen LogP contribution in [-0.2, 0) is 19.8 Å². The van der Waals surface area contributed by atoms with E-state index in [1.165, 1.54) is 24.3 Å². The lowest BCUT2D eigenvalue weighted by molar-refractivity contribution is -0.138. The van der Waals surface area contributed by atoms with E-state index >= 15 is 0 Å². The van der Waals surface area contributed by atoms with Crippen molar-refractivity contribution in [1.29, 1.82) is 0 Å². The van der Waals surface area contributed by atoms with Crippen molar-refractivity contribution >= 4 is 28.7 Å². The quantitative estimate of drug-likeness (QED) is 0.312.